The minimum absolute atomic E-state index is 0. The van der Waals surface area contributed by atoms with Crippen molar-refractivity contribution in [2.45, 2.75) is 0 Å². The van der Waals surface area contributed by atoms with Crippen LogP contribution < -0.4 is 31.8 Å². The summed E-state index contributed by atoms with van der Waals surface area (Å²) in [6, 6.07) is 68.0. The fraction of sp³-hybridized carbons (Fsp3) is 0.154. The average molecular weight is 1110 g/mol. The Hall–Kier alpha value is -5.07. The number of hydrogen-bond acceptors (Lipinski definition) is 11. The van der Waals surface area contributed by atoms with E-state index in [0.717, 1.165) is 0 Å². The molecule has 357 valence electrons. The van der Waals surface area contributed by atoms with Crippen molar-refractivity contribution in [1.29, 1.82) is 0 Å². The quantitative estimate of drug-likeness (QED) is 0.0763. The summed E-state index contributed by atoms with van der Waals surface area (Å²) in [5.41, 5.74) is 0. The van der Waals surface area contributed by atoms with E-state index in [-0.39, 0.29) is 19.5 Å². The van der Waals surface area contributed by atoms with Gasteiger partial charge in [0.2, 0.25) is 0 Å². The van der Waals surface area contributed by atoms with Crippen LogP contribution in [0.3, 0.4) is 0 Å². The van der Waals surface area contributed by atoms with Crippen molar-refractivity contribution in [3.8, 4) is 0 Å². The van der Waals surface area contributed by atoms with Crippen molar-refractivity contribution in [2.75, 3.05) is 49.9 Å². The molecule has 0 unspecified atom stereocenters. The summed E-state index contributed by atoms with van der Waals surface area (Å²) in [4.78, 5) is 60.0. The molecule has 0 bridgehead atoms. The molecule has 6 aromatic rings. The van der Waals surface area contributed by atoms with Crippen LogP contribution in [-0.2, 0) is 68.0 Å². The molecule has 17 heteroatoms. The number of hydrogen-bond donors (Lipinski definition) is 0. The molecular formula is C52H48O11P4RhS. The fourth-order valence-electron chi connectivity index (χ4n) is 6.23. The molecule has 0 aliphatic heterocycles. The van der Waals surface area contributed by atoms with Gasteiger partial charge in [-0.2, -0.15) is 0 Å². The third kappa shape index (κ3) is 32.4. The van der Waals surface area contributed by atoms with E-state index in [2.05, 4.69) is 243 Å². The van der Waals surface area contributed by atoms with Crippen molar-refractivity contribution in [2.24, 2.45) is 0 Å². The molecule has 0 atom stereocenters. The zero-order valence-corrected chi connectivity index (χ0v) is 43.6. The Labute approximate surface area is 427 Å². The third-order valence-electron chi connectivity index (χ3n) is 9.00. The van der Waals surface area contributed by atoms with Crippen molar-refractivity contribution >= 4 is 127 Å². The van der Waals surface area contributed by atoms with Gasteiger partial charge in [-0.25, -0.2) is 8.42 Å². The van der Waals surface area contributed by atoms with Crippen LogP contribution >= 0.6 is 31.0 Å². The van der Waals surface area contributed by atoms with E-state index in [1.807, 2.05) is 0 Å². The summed E-state index contributed by atoms with van der Waals surface area (Å²) in [6.07, 6.45) is 8.39. The predicted molar refractivity (Wildman–Crippen MR) is 280 cm³/mol. The molecule has 17 radical (unpaired) electrons. The molecule has 0 amide bonds. The average Bonchev–Trinajstić information content (AvgIpc) is 3.42. The summed E-state index contributed by atoms with van der Waals surface area (Å²) in [7, 11) is -6.43. The van der Waals surface area contributed by atoms with E-state index in [1.54, 1.807) is 0 Å². The van der Waals surface area contributed by atoms with Gasteiger partial charge in [-0.3, -0.25) is 38.4 Å². The monoisotopic (exact) mass is 1110 g/mol. The minimum atomic E-state index is -3.92. The van der Waals surface area contributed by atoms with E-state index >= 15 is 0 Å². The van der Waals surface area contributed by atoms with Crippen LogP contribution in [0.15, 0.2) is 182 Å². The molecule has 0 saturated carbocycles. The van der Waals surface area contributed by atoms with Gasteiger partial charge in [0.15, 0.2) is 0 Å². The van der Waals surface area contributed by atoms with Gasteiger partial charge < -0.3 is 4.55 Å². The van der Waals surface area contributed by atoms with Crippen molar-refractivity contribution in [1.82, 2.24) is 0 Å². The Morgan fingerprint density at radius 3 is 0.580 bits per heavy atom. The van der Waals surface area contributed by atoms with Gasteiger partial charge in [0.1, 0.15) is 0 Å². The summed E-state index contributed by atoms with van der Waals surface area (Å²) in [5, 5.41) is 9.04. The maximum absolute atomic E-state index is 9.08. The Morgan fingerprint density at radius 1 is 0.348 bits per heavy atom. The molecule has 69 heavy (non-hydrogen) atoms. The summed E-state index contributed by atoms with van der Waals surface area (Å²) >= 11 is 0. The van der Waals surface area contributed by atoms with Crippen LogP contribution in [0.4, 0.5) is 0 Å². The zero-order valence-electron chi connectivity index (χ0n) is 37.6. The molecule has 0 heterocycles. The van der Waals surface area contributed by atoms with Gasteiger partial charge in [0.25, 0.3) is 54.3 Å². The molecule has 0 N–H and O–H groups in total. The first-order valence-electron chi connectivity index (χ1n) is 19.2. The second kappa shape index (κ2) is 49.4. The first kappa shape index (κ1) is 72.9. The minimum Gasteiger partial charge on any atom is -0.748 e. The van der Waals surface area contributed by atoms with Crippen LogP contribution in [0.25, 0.3) is 0 Å². The smallest absolute Gasteiger partial charge is 0.281 e. The summed E-state index contributed by atoms with van der Waals surface area (Å²) in [6.45, 7) is 38.7. The fourth-order valence-corrected chi connectivity index (χ4v) is 20.7. The number of carbonyl (C=O) groups excluding carboxylic acids is 8. The molecule has 6 rings (SSSR count). The Kier molecular flexibility index (Phi) is 52.2. The predicted octanol–water partition coefficient (Wildman–Crippen LogP) is 5.01. The van der Waals surface area contributed by atoms with E-state index < -0.39 is 41.1 Å². The van der Waals surface area contributed by atoms with E-state index in [9.17, 15) is 0 Å². The first-order valence-corrected chi connectivity index (χ1v) is 28.4. The molecule has 0 aromatic heterocycles. The number of benzene rings is 6. The van der Waals surface area contributed by atoms with Crippen LogP contribution in [0, 0.1) is 0 Å². The maximum Gasteiger partial charge on any atom is 0.281 e. The first-order chi connectivity index (χ1) is 33.2. The van der Waals surface area contributed by atoms with Crippen LogP contribution in [0.5, 0.6) is 0 Å². The normalized spacial score (nSPS) is 9.30. The van der Waals surface area contributed by atoms with E-state index in [4.69, 9.17) is 51.3 Å². The molecule has 0 aliphatic carbocycles. The topological polar surface area (TPSA) is 194 Å². The van der Waals surface area contributed by atoms with Crippen LogP contribution in [0.2, 0.25) is 0 Å². The zero-order chi connectivity index (χ0) is 52.7. The van der Waals surface area contributed by atoms with Crippen molar-refractivity contribution in [3.63, 3.8) is 0 Å². The Morgan fingerprint density at radius 2 is 0.464 bits per heavy atom. The molecule has 11 nitrogen and oxygen atoms in total. The van der Waals surface area contributed by atoms with Gasteiger partial charge in [-0.15, -0.1) is 0 Å². The van der Waals surface area contributed by atoms with Crippen LogP contribution in [-0.4, -0.2) is 117 Å². The largest absolute Gasteiger partial charge is 0.748 e. The van der Waals surface area contributed by atoms with E-state index in [1.165, 1.54) is 68.8 Å². The molecule has 0 spiro atoms. The second-order valence-electron chi connectivity index (χ2n) is 13.0. The maximum atomic E-state index is 9.08. The molecule has 0 saturated heterocycles. The number of rotatable bonds is 15. The van der Waals surface area contributed by atoms with E-state index in [0.29, 0.717) is 6.26 Å². The standard InChI is InChI=1S/C43H45P4.CH4O3S.8CO.Rh/c1-47(35-32-44(38-20-8-2-9-21-38)39-22-10-3-11-23-39,36-33-45(40-24-12-4-13-25-40)41-26-14-5-15-27-41)37-34-46(42-28-16-6-17-29-42)43-30-18-7-19-31-43;1-5(2,3)4;8*1-2;/h2-31H,32-37H2,1H3;1H3,(H,2,3,4);;;;;;;;;/q+1;;;;;;;;;;/p-1. The Balaban J connectivity index is -0.000000543. The van der Waals surface area contributed by atoms with Gasteiger partial charge in [-0.1, -0.05) is 182 Å². The molecule has 0 aliphatic rings. The van der Waals surface area contributed by atoms with Crippen molar-refractivity contribution < 1.29 is 70.8 Å². The SMILES string of the molecule is CS(=O)(=O)[O-].C[P+](CCP(c1ccccc1)c1ccccc1)(CCP(c1ccccc1)c1ccccc1)CCP(c1ccccc1)c1ccccc1.[C]=O.[C]=O.[C]=O.[C]=O.[C]=O.[C]=O.[C]=O.[C]=O.[Rh]. The summed E-state index contributed by atoms with van der Waals surface area (Å²) < 4.78 is 27.2. The van der Waals surface area contributed by atoms with Gasteiger partial charge in [0.05, 0.1) is 28.6 Å². The van der Waals surface area contributed by atoms with Gasteiger partial charge >= 0.3 is 0 Å². The second-order valence-corrected chi connectivity index (χ2v) is 26.0. The molecule has 6 aromatic carbocycles. The van der Waals surface area contributed by atoms with Gasteiger partial charge in [0, 0.05) is 58.1 Å². The van der Waals surface area contributed by atoms with Gasteiger partial charge in [-0.05, 0) is 55.6 Å². The Bertz CT molecular complexity index is 1800. The van der Waals surface area contributed by atoms with Crippen molar-refractivity contribution in [3.05, 3.63) is 182 Å². The third-order valence-corrected chi connectivity index (χ3v) is 21.5. The molecule has 0 fully saturated rings. The van der Waals surface area contributed by atoms with Crippen LogP contribution in [0.1, 0.15) is 0 Å². The molecular weight excluding hydrogens is 1060 g/mol. The summed E-state index contributed by atoms with van der Waals surface area (Å²) in [5.74, 6) is 0.